The summed E-state index contributed by atoms with van der Waals surface area (Å²) in [6.45, 7) is 4.46. The summed E-state index contributed by atoms with van der Waals surface area (Å²) < 4.78 is 0. The van der Waals surface area contributed by atoms with E-state index < -0.39 is 0 Å². The molecule has 2 aromatic carbocycles. The number of aromatic nitrogens is 1. The summed E-state index contributed by atoms with van der Waals surface area (Å²) in [6, 6.07) is 15.6. The summed E-state index contributed by atoms with van der Waals surface area (Å²) in [7, 11) is 0. The summed E-state index contributed by atoms with van der Waals surface area (Å²) in [4.78, 5) is 16.5. The molecule has 4 nitrogen and oxygen atoms in total. The van der Waals surface area contributed by atoms with Gasteiger partial charge in [-0.15, -0.1) is 0 Å². The Hall–Kier alpha value is -2.85. The van der Waals surface area contributed by atoms with E-state index in [9.17, 15) is 4.79 Å². The Balaban J connectivity index is 1.66. The SMILES string of the molecule is Cc1ccc(CNC(=O)c2cncc(Nc3ccc(C)c(Cl)c3)c2)cc1. The van der Waals surface area contributed by atoms with Crippen LogP contribution < -0.4 is 10.6 Å². The standard InChI is InChI=1S/C21H20ClN3O/c1-14-3-6-16(7-4-14)11-24-21(26)17-9-19(13-23-12-17)25-18-8-5-15(2)20(22)10-18/h3-10,12-13,25H,11H2,1-2H3,(H,24,26). The maximum atomic E-state index is 12.4. The molecule has 0 bridgehead atoms. The number of anilines is 2. The van der Waals surface area contributed by atoms with Crippen molar-refractivity contribution < 1.29 is 4.79 Å². The molecule has 5 heteroatoms. The maximum Gasteiger partial charge on any atom is 0.253 e. The van der Waals surface area contributed by atoms with Crippen LogP contribution >= 0.6 is 11.6 Å². The van der Waals surface area contributed by atoms with Crippen molar-refractivity contribution in [3.63, 3.8) is 0 Å². The van der Waals surface area contributed by atoms with Crippen molar-refractivity contribution in [3.8, 4) is 0 Å². The molecule has 1 heterocycles. The van der Waals surface area contributed by atoms with Crippen molar-refractivity contribution in [3.05, 3.63) is 88.2 Å². The van der Waals surface area contributed by atoms with Crippen LogP contribution in [-0.2, 0) is 6.54 Å². The minimum Gasteiger partial charge on any atom is -0.354 e. The van der Waals surface area contributed by atoms with Crippen molar-refractivity contribution in [2.75, 3.05) is 5.32 Å². The molecule has 0 radical (unpaired) electrons. The number of nitrogens with one attached hydrogen (secondary N) is 2. The van der Waals surface area contributed by atoms with Crippen molar-refractivity contribution in [1.82, 2.24) is 10.3 Å². The number of aryl methyl sites for hydroxylation is 2. The highest BCUT2D eigenvalue weighted by Gasteiger charge is 2.07. The third-order valence-corrected chi connectivity index (χ3v) is 4.44. The number of hydrogen-bond acceptors (Lipinski definition) is 3. The van der Waals surface area contributed by atoms with Gasteiger partial charge in [-0.1, -0.05) is 47.5 Å². The fourth-order valence-electron chi connectivity index (χ4n) is 2.46. The van der Waals surface area contributed by atoms with E-state index in [1.807, 2.05) is 56.3 Å². The molecular formula is C21H20ClN3O. The molecular weight excluding hydrogens is 346 g/mol. The van der Waals surface area contributed by atoms with Gasteiger partial charge < -0.3 is 10.6 Å². The number of carbonyl (C=O) groups excluding carboxylic acids is 1. The Morgan fingerprint density at radius 3 is 2.50 bits per heavy atom. The molecule has 0 aliphatic carbocycles. The van der Waals surface area contributed by atoms with Gasteiger partial charge in [0.1, 0.15) is 0 Å². The summed E-state index contributed by atoms with van der Waals surface area (Å²) in [5.41, 5.74) is 5.34. The number of hydrogen-bond donors (Lipinski definition) is 2. The molecule has 0 aliphatic heterocycles. The number of pyridine rings is 1. The number of carbonyl (C=O) groups is 1. The van der Waals surface area contributed by atoms with Gasteiger partial charge >= 0.3 is 0 Å². The van der Waals surface area contributed by atoms with Crippen LogP contribution in [0.15, 0.2) is 60.9 Å². The van der Waals surface area contributed by atoms with Crippen molar-refractivity contribution in [2.45, 2.75) is 20.4 Å². The van der Waals surface area contributed by atoms with Crippen molar-refractivity contribution in [1.29, 1.82) is 0 Å². The monoisotopic (exact) mass is 365 g/mol. The van der Waals surface area contributed by atoms with E-state index in [2.05, 4.69) is 15.6 Å². The predicted octanol–water partition coefficient (Wildman–Crippen LogP) is 5.03. The second-order valence-electron chi connectivity index (χ2n) is 6.22. The van der Waals surface area contributed by atoms with Crippen LogP contribution in [0.5, 0.6) is 0 Å². The van der Waals surface area contributed by atoms with Gasteiger partial charge in [-0.25, -0.2) is 0 Å². The molecule has 0 saturated heterocycles. The molecule has 0 saturated carbocycles. The number of benzene rings is 2. The average molecular weight is 366 g/mol. The minimum atomic E-state index is -0.163. The molecule has 0 fully saturated rings. The Labute approximate surface area is 158 Å². The van der Waals surface area contributed by atoms with Crippen LogP contribution in [0.3, 0.4) is 0 Å². The zero-order valence-corrected chi connectivity index (χ0v) is 15.5. The predicted molar refractivity (Wildman–Crippen MR) is 106 cm³/mol. The lowest BCUT2D eigenvalue weighted by molar-refractivity contribution is 0.0950. The molecule has 2 N–H and O–H groups in total. The van der Waals surface area contributed by atoms with Crippen LogP contribution in [0.2, 0.25) is 5.02 Å². The smallest absolute Gasteiger partial charge is 0.253 e. The van der Waals surface area contributed by atoms with Gasteiger partial charge in [0.15, 0.2) is 0 Å². The molecule has 0 spiro atoms. The third kappa shape index (κ3) is 4.61. The van der Waals surface area contributed by atoms with E-state index in [4.69, 9.17) is 11.6 Å². The summed E-state index contributed by atoms with van der Waals surface area (Å²) in [5.74, 6) is -0.163. The molecule has 1 aromatic heterocycles. The summed E-state index contributed by atoms with van der Waals surface area (Å²) in [5, 5.41) is 6.82. The van der Waals surface area contributed by atoms with E-state index in [-0.39, 0.29) is 5.91 Å². The molecule has 26 heavy (non-hydrogen) atoms. The first-order valence-electron chi connectivity index (χ1n) is 8.33. The number of halogens is 1. The van der Waals surface area contributed by atoms with Crippen LogP contribution in [0.1, 0.15) is 27.0 Å². The van der Waals surface area contributed by atoms with Crippen LogP contribution in [0, 0.1) is 13.8 Å². The van der Waals surface area contributed by atoms with Gasteiger partial charge in [-0.2, -0.15) is 0 Å². The van der Waals surface area contributed by atoms with Gasteiger partial charge in [0.25, 0.3) is 5.91 Å². The number of rotatable bonds is 5. The van der Waals surface area contributed by atoms with Crippen LogP contribution in [-0.4, -0.2) is 10.9 Å². The quantitative estimate of drug-likeness (QED) is 0.667. The Morgan fingerprint density at radius 1 is 1.00 bits per heavy atom. The second kappa shape index (κ2) is 8.02. The van der Waals surface area contributed by atoms with Crippen molar-refractivity contribution in [2.24, 2.45) is 0 Å². The first-order valence-corrected chi connectivity index (χ1v) is 8.71. The first kappa shape index (κ1) is 18.0. The van der Waals surface area contributed by atoms with Gasteiger partial charge in [0.2, 0.25) is 0 Å². The van der Waals surface area contributed by atoms with E-state index >= 15 is 0 Å². The fraction of sp³-hybridized carbons (Fsp3) is 0.143. The highest BCUT2D eigenvalue weighted by Crippen LogP contribution is 2.23. The lowest BCUT2D eigenvalue weighted by atomic mass is 10.1. The molecule has 3 aromatic rings. The maximum absolute atomic E-state index is 12.4. The zero-order valence-electron chi connectivity index (χ0n) is 14.7. The summed E-state index contributed by atoms with van der Waals surface area (Å²) >= 11 is 6.15. The molecule has 0 aliphatic rings. The van der Waals surface area contributed by atoms with E-state index in [0.717, 1.165) is 22.5 Å². The molecule has 0 atom stereocenters. The first-order chi connectivity index (χ1) is 12.5. The Morgan fingerprint density at radius 2 is 1.77 bits per heavy atom. The lowest BCUT2D eigenvalue weighted by Crippen LogP contribution is -2.23. The van der Waals surface area contributed by atoms with Crippen molar-refractivity contribution >= 4 is 28.9 Å². The molecule has 1 amide bonds. The largest absolute Gasteiger partial charge is 0.354 e. The average Bonchev–Trinajstić information content (AvgIpc) is 2.64. The van der Waals surface area contributed by atoms with Crippen LogP contribution in [0.4, 0.5) is 11.4 Å². The van der Waals surface area contributed by atoms with E-state index in [1.54, 1.807) is 18.5 Å². The Bertz CT molecular complexity index is 923. The fourth-order valence-corrected chi connectivity index (χ4v) is 2.64. The Kier molecular flexibility index (Phi) is 5.54. The minimum absolute atomic E-state index is 0.163. The zero-order chi connectivity index (χ0) is 18.5. The highest BCUT2D eigenvalue weighted by molar-refractivity contribution is 6.31. The van der Waals surface area contributed by atoms with Crippen LogP contribution in [0.25, 0.3) is 0 Å². The van der Waals surface area contributed by atoms with Gasteiger partial charge in [0.05, 0.1) is 17.4 Å². The van der Waals surface area contributed by atoms with Gasteiger partial charge in [-0.05, 0) is 43.2 Å². The molecule has 0 unspecified atom stereocenters. The topological polar surface area (TPSA) is 54.0 Å². The second-order valence-corrected chi connectivity index (χ2v) is 6.63. The third-order valence-electron chi connectivity index (χ3n) is 4.03. The van der Waals surface area contributed by atoms with Gasteiger partial charge in [0, 0.05) is 23.5 Å². The van der Waals surface area contributed by atoms with E-state index in [1.165, 1.54) is 5.56 Å². The normalized spacial score (nSPS) is 10.4. The van der Waals surface area contributed by atoms with Gasteiger partial charge in [-0.3, -0.25) is 9.78 Å². The highest BCUT2D eigenvalue weighted by atomic mass is 35.5. The number of amides is 1. The molecule has 132 valence electrons. The van der Waals surface area contributed by atoms with E-state index in [0.29, 0.717) is 17.1 Å². The lowest BCUT2D eigenvalue weighted by Gasteiger charge is -2.10. The number of nitrogens with zero attached hydrogens (tertiary/aromatic N) is 1. The molecule has 3 rings (SSSR count). The summed E-state index contributed by atoms with van der Waals surface area (Å²) in [6.07, 6.45) is 3.22.